The van der Waals surface area contributed by atoms with Gasteiger partial charge >= 0.3 is 0 Å². The predicted molar refractivity (Wildman–Crippen MR) is 77.8 cm³/mol. The van der Waals surface area contributed by atoms with E-state index in [2.05, 4.69) is 43.5 Å². The van der Waals surface area contributed by atoms with Crippen LogP contribution < -0.4 is 11.2 Å². The zero-order valence-corrected chi connectivity index (χ0v) is 11.7. The van der Waals surface area contributed by atoms with Gasteiger partial charge in [0.1, 0.15) is 4.64 Å². The van der Waals surface area contributed by atoms with Gasteiger partial charge in [0.2, 0.25) is 0 Å². The fourth-order valence-electron chi connectivity index (χ4n) is 1.30. The second kappa shape index (κ2) is 5.37. The molecule has 0 saturated carbocycles. The highest BCUT2D eigenvalue weighted by molar-refractivity contribution is 7.80. The third-order valence-corrected chi connectivity index (χ3v) is 2.60. The van der Waals surface area contributed by atoms with Crippen molar-refractivity contribution in [3.05, 3.63) is 28.5 Å². The molecule has 0 fully saturated rings. The van der Waals surface area contributed by atoms with Crippen molar-refractivity contribution in [2.75, 3.05) is 0 Å². The van der Waals surface area contributed by atoms with E-state index in [4.69, 9.17) is 18.0 Å². The van der Waals surface area contributed by atoms with Gasteiger partial charge in [0.15, 0.2) is 5.11 Å². The normalized spacial score (nSPS) is 11.7. The van der Waals surface area contributed by atoms with Gasteiger partial charge in [0.05, 0.1) is 6.21 Å². The maximum atomic E-state index is 5.40. The molecular formula is C11H16N4S2. The number of nitrogens with one attached hydrogen (secondary N) is 1. The third-order valence-electron chi connectivity index (χ3n) is 2.08. The van der Waals surface area contributed by atoms with Gasteiger partial charge in [-0.25, -0.2) is 0 Å². The van der Waals surface area contributed by atoms with E-state index in [9.17, 15) is 0 Å². The molecule has 0 amide bonds. The fourth-order valence-corrected chi connectivity index (χ4v) is 1.81. The number of hydrazone groups is 1. The van der Waals surface area contributed by atoms with Crippen LogP contribution in [0.1, 0.15) is 26.3 Å². The molecule has 1 rings (SSSR count). The average molecular weight is 268 g/mol. The lowest BCUT2D eigenvalue weighted by Gasteiger charge is -2.23. The van der Waals surface area contributed by atoms with Crippen LogP contribution in [0.5, 0.6) is 0 Å². The lowest BCUT2D eigenvalue weighted by Crippen LogP contribution is -2.25. The Labute approximate surface area is 112 Å². The van der Waals surface area contributed by atoms with Crippen LogP contribution >= 0.6 is 24.4 Å². The summed E-state index contributed by atoms with van der Waals surface area (Å²) < 4.78 is 2.75. The van der Waals surface area contributed by atoms with Gasteiger partial charge in [-0.2, -0.15) is 5.10 Å². The number of rotatable bonds is 2. The van der Waals surface area contributed by atoms with Crippen LogP contribution in [0.15, 0.2) is 23.4 Å². The highest BCUT2D eigenvalue weighted by Crippen LogP contribution is 2.15. The monoisotopic (exact) mass is 268 g/mol. The number of thiocarbonyl (C=S) groups is 1. The van der Waals surface area contributed by atoms with E-state index in [0.717, 1.165) is 10.2 Å². The third kappa shape index (κ3) is 3.90. The first-order valence-electron chi connectivity index (χ1n) is 5.13. The maximum Gasteiger partial charge on any atom is 0.184 e. The largest absolute Gasteiger partial charge is 0.375 e. The molecule has 17 heavy (non-hydrogen) atoms. The van der Waals surface area contributed by atoms with E-state index in [1.807, 2.05) is 22.9 Å². The highest BCUT2D eigenvalue weighted by Gasteiger charge is 2.12. The van der Waals surface area contributed by atoms with E-state index in [1.54, 1.807) is 6.21 Å². The standard InChI is InChI=1S/C11H16N4S2/c1-11(2,3)15-6-4-5-8(9(15)16)7-13-14-10(12)17/h4-7H,1-3H3,(H3,12,14,17)/b13-7+. The Morgan fingerprint density at radius 1 is 1.53 bits per heavy atom. The molecule has 0 bridgehead atoms. The summed E-state index contributed by atoms with van der Waals surface area (Å²) in [4.78, 5) is 0. The molecule has 6 heteroatoms. The van der Waals surface area contributed by atoms with Gasteiger partial charge < -0.3 is 10.3 Å². The molecule has 0 unspecified atom stereocenters. The van der Waals surface area contributed by atoms with Gasteiger partial charge in [-0.3, -0.25) is 5.43 Å². The maximum absolute atomic E-state index is 5.40. The Kier molecular flexibility index (Phi) is 4.36. The molecule has 92 valence electrons. The van der Waals surface area contributed by atoms with Crippen LogP contribution in [0.3, 0.4) is 0 Å². The molecule has 0 aromatic carbocycles. The Morgan fingerprint density at radius 2 is 2.18 bits per heavy atom. The minimum absolute atomic E-state index is 0.0580. The van der Waals surface area contributed by atoms with E-state index < -0.39 is 0 Å². The molecule has 3 N–H and O–H groups in total. The molecule has 0 aliphatic heterocycles. The zero-order chi connectivity index (χ0) is 13.1. The minimum atomic E-state index is -0.0580. The lowest BCUT2D eigenvalue weighted by atomic mass is 10.1. The van der Waals surface area contributed by atoms with Gasteiger partial charge in [-0.05, 0) is 45.1 Å². The Morgan fingerprint density at radius 3 is 2.71 bits per heavy atom. The molecule has 0 radical (unpaired) electrons. The average Bonchev–Trinajstić information content (AvgIpc) is 2.18. The Bertz CT molecular complexity index is 497. The molecule has 1 aromatic rings. The minimum Gasteiger partial charge on any atom is -0.375 e. The topological polar surface area (TPSA) is 55.3 Å². The lowest BCUT2D eigenvalue weighted by molar-refractivity contribution is 0.390. The number of nitrogens with two attached hydrogens (primary N) is 1. The van der Waals surface area contributed by atoms with Crippen LogP contribution in [0, 0.1) is 4.64 Å². The smallest absolute Gasteiger partial charge is 0.184 e. The van der Waals surface area contributed by atoms with Gasteiger partial charge in [-0.1, -0.05) is 12.2 Å². The Hall–Kier alpha value is -1.27. The molecule has 0 atom stereocenters. The number of nitrogens with zero attached hydrogens (tertiary/aromatic N) is 2. The quantitative estimate of drug-likeness (QED) is 0.490. The highest BCUT2D eigenvalue weighted by atomic mass is 32.1. The van der Waals surface area contributed by atoms with E-state index in [-0.39, 0.29) is 10.7 Å². The predicted octanol–water partition coefficient (Wildman–Crippen LogP) is 2.14. The fraction of sp³-hybridized carbons (Fsp3) is 0.364. The summed E-state index contributed by atoms with van der Waals surface area (Å²) in [5.41, 5.74) is 8.56. The van der Waals surface area contributed by atoms with Crippen molar-refractivity contribution < 1.29 is 0 Å². The SMILES string of the molecule is CC(C)(C)n1cccc(/C=N/NC(N)=S)c1=S. The van der Waals surface area contributed by atoms with Crippen LogP contribution in [0.25, 0.3) is 0 Å². The second-order valence-electron chi connectivity index (χ2n) is 4.54. The first-order chi connectivity index (χ1) is 7.82. The molecule has 1 aromatic heterocycles. The van der Waals surface area contributed by atoms with Crippen LogP contribution in [-0.2, 0) is 5.54 Å². The van der Waals surface area contributed by atoms with E-state index in [0.29, 0.717) is 0 Å². The molecule has 0 spiro atoms. The summed E-state index contributed by atoms with van der Waals surface area (Å²) in [5, 5.41) is 4.04. The number of pyridine rings is 1. The van der Waals surface area contributed by atoms with Crippen molar-refractivity contribution in [2.45, 2.75) is 26.3 Å². The summed E-state index contributed by atoms with van der Waals surface area (Å²) >= 11 is 10.0. The van der Waals surface area contributed by atoms with Crippen molar-refractivity contribution in [3.8, 4) is 0 Å². The molecule has 1 heterocycles. The molecule has 0 saturated heterocycles. The molecule has 0 aliphatic carbocycles. The first kappa shape index (κ1) is 13.8. The van der Waals surface area contributed by atoms with Crippen molar-refractivity contribution >= 4 is 35.8 Å². The van der Waals surface area contributed by atoms with Crippen LogP contribution in [0.4, 0.5) is 0 Å². The van der Waals surface area contributed by atoms with Crippen LogP contribution in [0.2, 0.25) is 0 Å². The zero-order valence-electron chi connectivity index (χ0n) is 10.1. The summed E-state index contributed by atoms with van der Waals surface area (Å²) in [6.45, 7) is 6.28. The van der Waals surface area contributed by atoms with E-state index >= 15 is 0 Å². The number of aromatic nitrogens is 1. The molecule has 0 aliphatic rings. The first-order valence-corrected chi connectivity index (χ1v) is 5.94. The van der Waals surface area contributed by atoms with Crippen molar-refractivity contribution in [3.63, 3.8) is 0 Å². The summed E-state index contributed by atoms with van der Waals surface area (Å²) in [6, 6.07) is 3.83. The van der Waals surface area contributed by atoms with Crippen molar-refractivity contribution in [2.24, 2.45) is 10.8 Å². The van der Waals surface area contributed by atoms with Crippen molar-refractivity contribution in [1.82, 2.24) is 9.99 Å². The van der Waals surface area contributed by atoms with Gasteiger partial charge in [0.25, 0.3) is 0 Å². The second-order valence-corrected chi connectivity index (χ2v) is 5.37. The molecule has 4 nitrogen and oxygen atoms in total. The van der Waals surface area contributed by atoms with Crippen LogP contribution in [-0.4, -0.2) is 15.9 Å². The summed E-state index contributed by atoms with van der Waals surface area (Å²) in [5.74, 6) is 0. The summed E-state index contributed by atoms with van der Waals surface area (Å²) in [6.07, 6.45) is 3.57. The van der Waals surface area contributed by atoms with Crippen molar-refractivity contribution in [1.29, 1.82) is 0 Å². The Balaban J connectivity index is 3.08. The summed E-state index contributed by atoms with van der Waals surface area (Å²) in [7, 11) is 0. The van der Waals surface area contributed by atoms with Gasteiger partial charge in [0, 0.05) is 17.3 Å². The van der Waals surface area contributed by atoms with E-state index in [1.165, 1.54) is 0 Å². The number of hydrogen-bond acceptors (Lipinski definition) is 3. The number of hydrogen-bond donors (Lipinski definition) is 2. The van der Waals surface area contributed by atoms with Gasteiger partial charge in [-0.15, -0.1) is 0 Å². The molecular weight excluding hydrogens is 252 g/mol.